The molecular formula is C21H20N2O2. The molecule has 3 rings (SSSR count). The number of ether oxygens (including phenoxy) is 1. The summed E-state index contributed by atoms with van der Waals surface area (Å²) >= 11 is 0. The molecule has 0 aliphatic carbocycles. The van der Waals surface area contributed by atoms with Gasteiger partial charge in [-0.3, -0.25) is 4.79 Å². The molecule has 3 aromatic carbocycles. The molecule has 0 saturated carbocycles. The molecule has 25 heavy (non-hydrogen) atoms. The molecule has 0 aromatic heterocycles. The van der Waals surface area contributed by atoms with Crippen molar-refractivity contribution in [2.24, 2.45) is 0 Å². The van der Waals surface area contributed by atoms with Crippen molar-refractivity contribution in [1.82, 2.24) is 0 Å². The third-order valence-corrected chi connectivity index (χ3v) is 3.81. The van der Waals surface area contributed by atoms with E-state index in [0.717, 1.165) is 22.8 Å². The molecule has 0 unspecified atom stereocenters. The largest absolute Gasteiger partial charge is 0.497 e. The highest BCUT2D eigenvalue weighted by atomic mass is 16.5. The molecule has 0 atom stereocenters. The second-order valence-electron chi connectivity index (χ2n) is 5.53. The molecule has 0 spiro atoms. The molecule has 3 aromatic rings. The van der Waals surface area contributed by atoms with Crippen molar-refractivity contribution in [2.45, 2.75) is 0 Å². The van der Waals surface area contributed by atoms with E-state index in [1.165, 1.54) is 0 Å². The molecule has 1 amide bonds. The number of carbonyl (C=O) groups excluding carboxylic acids is 1. The SMILES string of the molecule is COc1ccc(NC(=O)CN(c2ccccc2)c2ccccc2)cc1. The van der Waals surface area contributed by atoms with E-state index in [1.807, 2.05) is 89.8 Å². The van der Waals surface area contributed by atoms with Crippen LogP contribution in [0.3, 0.4) is 0 Å². The maximum absolute atomic E-state index is 12.5. The van der Waals surface area contributed by atoms with Gasteiger partial charge in [0.1, 0.15) is 12.3 Å². The Morgan fingerprint density at radius 3 is 1.84 bits per heavy atom. The lowest BCUT2D eigenvalue weighted by molar-refractivity contribution is -0.114. The summed E-state index contributed by atoms with van der Waals surface area (Å²) in [5, 5.41) is 2.93. The number of methoxy groups -OCH3 is 1. The average molecular weight is 332 g/mol. The summed E-state index contributed by atoms with van der Waals surface area (Å²) < 4.78 is 5.13. The average Bonchev–Trinajstić information content (AvgIpc) is 2.68. The summed E-state index contributed by atoms with van der Waals surface area (Å²) in [6.07, 6.45) is 0. The van der Waals surface area contributed by atoms with Crippen molar-refractivity contribution in [3.63, 3.8) is 0 Å². The van der Waals surface area contributed by atoms with Crippen molar-refractivity contribution in [3.05, 3.63) is 84.9 Å². The molecule has 0 heterocycles. The van der Waals surface area contributed by atoms with Crippen LogP contribution in [-0.4, -0.2) is 19.6 Å². The van der Waals surface area contributed by atoms with Crippen molar-refractivity contribution in [1.29, 1.82) is 0 Å². The standard InChI is InChI=1S/C21H20N2O2/c1-25-20-14-12-17(13-15-20)22-21(24)16-23(18-8-4-2-5-9-18)19-10-6-3-7-11-19/h2-15H,16H2,1H3,(H,22,24). The molecule has 0 aliphatic heterocycles. The molecule has 4 nitrogen and oxygen atoms in total. The lowest BCUT2D eigenvalue weighted by atomic mass is 10.2. The van der Waals surface area contributed by atoms with E-state index in [1.54, 1.807) is 7.11 Å². The highest BCUT2D eigenvalue weighted by Gasteiger charge is 2.13. The summed E-state index contributed by atoms with van der Waals surface area (Å²) in [4.78, 5) is 14.5. The molecule has 1 N–H and O–H groups in total. The maximum atomic E-state index is 12.5. The monoisotopic (exact) mass is 332 g/mol. The first-order valence-corrected chi connectivity index (χ1v) is 8.08. The van der Waals surface area contributed by atoms with E-state index in [0.29, 0.717) is 0 Å². The zero-order valence-electron chi connectivity index (χ0n) is 14.1. The normalized spacial score (nSPS) is 10.1. The number of rotatable bonds is 6. The quantitative estimate of drug-likeness (QED) is 0.724. The molecule has 0 aliphatic rings. The molecule has 126 valence electrons. The zero-order chi connectivity index (χ0) is 17.5. The van der Waals surface area contributed by atoms with Gasteiger partial charge in [0.2, 0.25) is 5.91 Å². The van der Waals surface area contributed by atoms with Crippen LogP contribution in [0.15, 0.2) is 84.9 Å². The van der Waals surface area contributed by atoms with Gasteiger partial charge >= 0.3 is 0 Å². The van der Waals surface area contributed by atoms with Gasteiger partial charge in [-0.15, -0.1) is 0 Å². The van der Waals surface area contributed by atoms with Crippen molar-refractivity contribution in [3.8, 4) is 5.75 Å². The Morgan fingerprint density at radius 1 is 0.840 bits per heavy atom. The van der Waals surface area contributed by atoms with Crippen molar-refractivity contribution >= 4 is 23.0 Å². The second-order valence-corrected chi connectivity index (χ2v) is 5.53. The Balaban J connectivity index is 1.76. The van der Waals surface area contributed by atoms with Crippen molar-refractivity contribution < 1.29 is 9.53 Å². The summed E-state index contributed by atoms with van der Waals surface area (Å²) in [5.41, 5.74) is 2.68. The van der Waals surface area contributed by atoms with Gasteiger partial charge in [0.15, 0.2) is 0 Å². The highest BCUT2D eigenvalue weighted by molar-refractivity contribution is 5.95. The summed E-state index contributed by atoms with van der Waals surface area (Å²) in [5.74, 6) is 0.672. The van der Waals surface area contributed by atoms with Crippen LogP contribution in [0.4, 0.5) is 17.1 Å². The second kappa shape index (κ2) is 8.02. The topological polar surface area (TPSA) is 41.6 Å². The number of amides is 1. The van der Waals surface area contributed by atoms with Gasteiger partial charge in [0.25, 0.3) is 0 Å². The molecule has 0 fully saturated rings. The number of para-hydroxylation sites is 2. The van der Waals surface area contributed by atoms with Crippen LogP contribution < -0.4 is 15.0 Å². The summed E-state index contributed by atoms with van der Waals surface area (Å²) in [6.45, 7) is 0.222. The van der Waals surface area contributed by atoms with Gasteiger partial charge in [0.05, 0.1) is 7.11 Å². The fourth-order valence-electron chi connectivity index (χ4n) is 2.57. The fraction of sp³-hybridized carbons (Fsp3) is 0.0952. The minimum atomic E-state index is -0.0853. The van der Waals surface area contributed by atoms with Gasteiger partial charge in [-0.1, -0.05) is 36.4 Å². The maximum Gasteiger partial charge on any atom is 0.244 e. The Labute approximate surface area is 147 Å². The van der Waals surface area contributed by atoms with Crippen LogP contribution in [0.25, 0.3) is 0 Å². The zero-order valence-corrected chi connectivity index (χ0v) is 14.1. The number of nitrogens with one attached hydrogen (secondary N) is 1. The first-order chi connectivity index (χ1) is 12.3. The first-order valence-electron chi connectivity index (χ1n) is 8.08. The molecule has 0 radical (unpaired) electrons. The van der Waals surface area contributed by atoms with Crippen LogP contribution in [0.2, 0.25) is 0 Å². The summed E-state index contributed by atoms with van der Waals surface area (Å²) in [7, 11) is 1.62. The van der Waals surface area contributed by atoms with Gasteiger partial charge in [-0.25, -0.2) is 0 Å². The van der Waals surface area contributed by atoms with Crippen LogP contribution >= 0.6 is 0 Å². The Kier molecular flexibility index (Phi) is 5.32. The number of benzene rings is 3. The smallest absolute Gasteiger partial charge is 0.244 e. The van der Waals surface area contributed by atoms with Gasteiger partial charge in [-0.05, 0) is 48.5 Å². The van der Waals surface area contributed by atoms with Crippen LogP contribution in [0.1, 0.15) is 0 Å². The van der Waals surface area contributed by atoms with E-state index < -0.39 is 0 Å². The summed E-state index contributed by atoms with van der Waals surface area (Å²) in [6, 6.07) is 27.1. The lowest BCUT2D eigenvalue weighted by Crippen LogP contribution is -2.29. The minimum absolute atomic E-state index is 0.0853. The number of hydrogen-bond donors (Lipinski definition) is 1. The van der Waals surface area contributed by atoms with Gasteiger partial charge < -0.3 is 15.0 Å². The van der Waals surface area contributed by atoms with Crippen molar-refractivity contribution in [2.75, 3.05) is 23.9 Å². The molecule has 0 bridgehead atoms. The molecule has 0 saturated heterocycles. The molecule has 4 heteroatoms. The highest BCUT2D eigenvalue weighted by Crippen LogP contribution is 2.24. The Bertz CT molecular complexity index is 763. The van der Waals surface area contributed by atoms with E-state index >= 15 is 0 Å². The third-order valence-electron chi connectivity index (χ3n) is 3.81. The van der Waals surface area contributed by atoms with Gasteiger partial charge in [0, 0.05) is 17.1 Å². The van der Waals surface area contributed by atoms with Crippen LogP contribution in [0.5, 0.6) is 5.75 Å². The van der Waals surface area contributed by atoms with E-state index in [9.17, 15) is 4.79 Å². The van der Waals surface area contributed by atoms with E-state index in [2.05, 4.69) is 5.32 Å². The minimum Gasteiger partial charge on any atom is -0.497 e. The van der Waals surface area contributed by atoms with Gasteiger partial charge in [-0.2, -0.15) is 0 Å². The number of hydrogen-bond acceptors (Lipinski definition) is 3. The number of carbonyl (C=O) groups is 1. The predicted molar refractivity (Wildman–Crippen MR) is 102 cm³/mol. The predicted octanol–water partition coefficient (Wildman–Crippen LogP) is 4.47. The number of nitrogens with zero attached hydrogens (tertiary/aromatic N) is 1. The fourth-order valence-corrected chi connectivity index (χ4v) is 2.57. The van der Waals surface area contributed by atoms with Crippen LogP contribution in [0, 0.1) is 0 Å². The van der Waals surface area contributed by atoms with Crippen LogP contribution in [-0.2, 0) is 4.79 Å². The lowest BCUT2D eigenvalue weighted by Gasteiger charge is -2.24. The number of anilines is 3. The Morgan fingerprint density at radius 2 is 1.36 bits per heavy atom. The first kappa shape index (κ1) is 16.6. The third kappa shape index (κ3) is 4.38. The van der Waals surface area contributed by atoms with E-state index in [-0.39, 0.29) is 12.5 Å². The van der Waals surface area contributed by atoms with E-state index in [4.69, 9.17) is 4.74 Å². The molecular weight excluding hydrogens is 312 g/mol. The Hall–Kier alpha value is -3.27.